The number of phosphoric acid groups is 1. The fraction of sp³-hybridized carbons (Fsp3) is 1.00. The molecule has 0 aliphatic carbocycles. The van der Waals surface area contributed by atoms with Gasteiger partial charge in [-0.2, -0.15) is 0 Å². The highest BCUT2D eigenvalue weighted by Crippen LogP contribution is 2.43. The van der Waals surface area contributed by atoms with Gasteiger partial charge in [0.1, 0.15) is 18.3 Å². The topological polar surface area (TPSA) is 231 Å². The molecular weight excluding hydrogens is 493 g/mol. The van der Waals surface area contributed by atoms with Crippen LogP contribution in [-0.2, 0) is 27.8 Å². The molecule has 1 fully saturated rings. The molecule has 0 radical (unpaired) electrons. The van der Waals surface area contributed by atoms with Crippen molar-refractivity contribution in [1.29, 1.82) is 0 Å². The maximum Gasteiger partial charge on any atom is 0.472 e. The number of unbranched alkanes of at least 4 members (excludes halogenated alkanes) is 3. The van der Waals surface area contributed by atoms with Crippen LogP contribution in [0.15, 0.2) is 0 Å². The molecule has 0 aromatic heterocycles. The molecule has 1 rings (SSSR count). The molecule has 15 heteroatoms. The molecule has 0 amide bonds. The monoisotopic (exact) mass is 535 g/mol. The molecule has 1 aliphatic rings. The van der Waals surface area contributed by atoms with E-state index in [1.165, 1.54) is 0 Å². The first-order valence-corrected chi connectivity index (χ1v) is 13.2. The van der Waals surface area contributed by atoms with Gasteiger partial charge in [-0.15, -0.1) is 0 Å². The minimum Gasteiger partial charge on any atom is -0.396 e. The van der Waals surface area contributed by atoms with Crippen molar-refractivity contribution in [1.82, 2.24) is 0 Å². The normalized spacial score (nSPS) is 27.1. The molecule has 1 saturated heterocycles. The summed E-state index contributed by atoms with van der Waals surface area (Å²) >= 11 is 0. The van der Waals surface area contributed by atoms with E-state index < -0.39 is 70.3 Å². The van der Waals surface area contributed by atoms with Crippen molar-refractivity contribution < 1.29 is 63.4 Å². The van der Waals surface area contributed by atoms with Crippen LogP contribution in [0, 0.1) is 5.41 Å². The molecule has 6 atom stereocenters. The van der Waals surface area contributed by atoms with Gasteiger partial charge in [0.25, 0.3) is 0 Å². The van der Waals surface area contributed by atoms with Gasteiger partial charge < -0.3 is 55.5 Å². The second-order valence-corrected chi connectivity index (χ2v) is 10.0. The summed E-state index contributed by atoms with van der Waals surface area (Å²) in [6, 6.07) is -0.943. The Morgan fingerprint density at radius 2 is 1.40 bits per heavy atom. The standard InChI is InChI=1S/C20H42NO13P/c21-16-18(27)17(26)15(10-22)34-19(16)31-7-3-1-2-4-8-32-35(28,29)33-9-5-6-30-14-20(11-23,12-24)13-25/h15-19,22-27H,1-14,21H2,(H,28,29)/t15?,16-,17-,18?,19+/m0/s1. The molecule has 0 spiro atoms. The van der Waals surface area contributed by atoms with E-state index in [0.717, 1.165) is 6.42 Å². The van der Waals surface area contributed by atoms with Crippen LogP contribution >= 0.6 is 7.82 Å². The number of phosphoric ester groups is 1. The van der Waals surface area contributed by atoms with Crippen molar-refractivity contribution in [3.05, 3.63) is 0 Å². The molecule has 9 N–H and O–H groups in total. The highest BCUT2D eigenvalue weighted by Gasteiger charge is 2.42. The van der Waals surface area contributed by atoms with Gasteiger partial charge in [-0.05, 0) is 19.3 Å². The summed E-state index contributed by atoms with van der Waals surface area (Å²) in [6.07, 6.45) is -1.64. The molecule has 0 bridgehead atoms. The van der Waals surface area contributed by atoms with Gasteiger partial charge in [0, 0.05) is 13.2 Å². The van der Waals surface area contributed by atoms with Crippen molar-refractivity contribution >= 4 is 7.82 Å². The first-order valence-electron chi connectivity index (χ1n) is 11.7. The Bertz CT molecular complexity index is 587. The van der Waals surface area contributed by atoms with Crippen LogP contribution in [0.4, 0.5) is 0 Å². The van der Waals surface area contributed by atoms with Gasteiger partial charge in [-0.25, -0.2) is 4.57 Å². The number of ether oxygens (including phenoxy) is 3. The summed E-state index contributed by atoms with van der Waals surface area (Å²) in [6.45, 7) is -1.51. The van der Waals surface area contributed by atoms with Crippen LogP contribution in [-0.4, -0.2) is 126 Å². The maximum atomic E-state index is 11.9. The Morgan fingerprint density at radius 3 is 1.97 bits per heavy atom. The van der Waals surface area contributed by atoms with Crippen LogP contribution in [0.3, 0.4) is 0 Å². The SMILES string of the molecule is N[C@H]1C(O)[C@@H](O)C(CO)O[C@H]1OCCCCCCOP(=O)(O)OCCCOCC(CO)(CO)CO. The second-order valence-electron chi connectivity index (χ2n) is 8.58. The highest BCUT2D eigenvalue weighted by molar-refractivity contribution is 7.47. The Kier molecular flexibility index (Phi) is 16.1. The van der Waals surface area contributed by atoms with Crippen LogP contribution in [0.5, 0.6) is 0 Å². The lowest BCUT2D eigenvalue weighted by molar-refractivity contribution is -0.265. The largest absolute Gasteiger partial charge is 0.472 e. The number of aliphatic hydroxyl groups is 6. The first kappa shape index (κ1) is 32.7. The predicted octanol–water partition coefficient (Wildman–Crippen LogP) is -2.17. The zero-order valence-corrected chi connectivity index (χ0v) is 20.8. The third kappa shape index (κ3) is 11.8. The summed E-state index contributed by atoms with van der Waals surface area (Å²) in [7, 11) is -4.19. The molecule has 14 nitrogen and oxygen atoms in total. The molecule has 0 saturated carbocycles. The molecule has 35 heavy (non-hydrogen) atoms. The first-order chi connectivity index (χ1) is 16.6. The Balaban J connectivity index is 2.07. The smallest absolute Gasteiger partial charge is 0.396 e. The zero-order valence-electron chi connectivity index (χ0n) is 19.9. The lowest BCUT2D eigenvalue weighted by atomic mass is 9.93. The summed E-state index contributed by atoms with van der Waals surface area (Å²) in [5.41, 5.74) is 4.66. The molecule has 1 aliphatic heterocycles. The third-order valence-corrected chi connectivity index (χ3v) is 6.62. The average Bonchev–Trinajstić information content (AvgIpc) is 2.85. The predicted molar refractivity (Wildman–Crippen MR) is 121 cm³/mol. The average molecular weight is 536 g/mol. The molecule has 3 unspecified atom stereocenters. The number of hydrogen-bond donors (Lipinski definition) is 8. The Labute approximate surface area is 205 Å². The lowest BCUT2D eigenvalue weighted by Crippen LogP contribution is -2.62. The molecule has 210 valence electrons. The fourth-order valence-electron chi connectivity index (χ4n) is 3.14. The van der Waals surface area contributed by atoms with E-state index in [9.17, 15) is 40.1 Å². The highest BCUT2D eigenvalue weighted by atomic mass is 31.2. The maximum absolute atomic E-state index is 11.9. The molecule has 0 aromatic rings. The zero-order chi connectivity index (χ0) is 26.3. The summed E-state index contributed by atoms with van der Waals surface area (Å²) in [4.78, 5) is 9.68. The minimum absolute atomic E-state index is 0.0238. The minimum atomic E-state index is -4.19. The summed E-state index contributed by atoms with van der Waals surface area (Å²) in [5.74, 6) is 0. The molecule has 1 heterocycles. The number of aliphatic hydroxyl groups excluding tert-OH is 6. The van der Waals surface area contributed by atoms with Crippen molar-refractivity contribution in [2.24, 2.45) is 11.1 Å². The lowest BCUT2D eigenvalue weighted by Gasteiger charge is -2.40. The van der Waals surface area contributed by atoms with Crippen molar-refractivity contribution in [3.63, 3.8) is 0 Å². The van der Waals surface area contributed by atoms with E-state index in [1.807, 2.05) is 0 Å². The number of hydrogen-bond acceptors (Lipinski definition) is 13. The summed E-state index contributed by atoms with van der Waals surface area (Å²) < 4.78 is 37.8. The van der Waals surface area contributed by atoms with E-state index in [0.29, 0.717) is 19.3 Å². The number of nitrogens with two attached hydrogens (primary N) is 1. The van der Waals surface area contributed by atoms with E-state index >= 15 is 0 Å². The number of rotatable bonds is 20. The van der Waals surface area contributed by atoms with E-state index in [1.54, 1.807) is 0 Å². The van der Waals surface area contributed by atoms with Crippen molar-refractivity contribution in [2.75, 3.05) is 59.5 Å². The van der Waals surface area contributed by atoms with Crippen molar-refractivity contribution in [2.45, 2.75) is 62.7 Å². The van der Waals surface area contributed by atoms with E-state index in [4.69, 9.17) is 29.0 Å². The van der Waals surface area contributed by atoms with Gasteiger partial charge in [0.2, 0.25) is 0 Å². The Hall–Kier alpha value is -0.290. The third-order valence-electron chi connectivity index (χ3n) is 5.61. The van der Waals surface area contributed by atoms with Crippen LogP contribution in [0.2, 0.25) is 0 Å². The quantitative estimate of drug-likeness (QED) is 0.0613. The molecular formula is C20H42NO13P. The fourth-order valence-corrected chi connectivity index (χ4v) is 3.94. The van der Waals surface area contributed by atoms with Crippen LogP contribution in [0.25, 0.3) is 0 Å². The molecule has 0 aromatic carbocycles. The summed E-state index contributed by atoms with van der Waals surface area (Å²) in [5, 5.41) is 56.4. The van der Waals surface area contributed by atoms with Crippen LogP contribution in [0.1, 0.15) is 32.1 Å². The van der Waals surface area contributed by atoms with Gasteiger partial charge in [0.05, 0.1) is 57.7 Å². The van der Waals surface area contributed by atoms with Gasteiger partial charge in [-0.1, -0.05) is 12.8 Å². The van der Waals surface area contributed by atoms with E-state index in [-0.39, 0.29) is 39.5 Å². The Morgan fingerprint density at radius 1 is 0.829 bits per heavy atom. The van der Waals surface area contributed by atoms with Gasteiger partial charge in [-0.3, -0.25) is 9.05 Å². The second kappa shape index (κ2) is 17.3. The van der Waals surface area contributed by atoms with Gasteiger partial charge in [0.15, 0.2) is 6.29 Å². The van der Waals surface area contributed by atoms with Crippen LogP contribution < -0.4 is 5.73 Å². The van der Waals surface area contributed by atoms with Gasteiger partial charge >= 0.3 is 7.82 Å². The van der Waals surface area contributed by atoms with Crippen molar-refractivity contribution in [3.8, 4) is 0 Å². The van der Waals surface area contributed by atoms with E-state index in [2.05, 4.69) is 0 Å².